The van der Waals surface area contributed by atoms with Crippen LogP contribution in [0, 0.1) is 16.7 Å². The van der Waals surface area contributed by atoms with Gasteiger partial charge in [-0.1, -0.05) is 38.8 Å². The number of aryl methyl sites for hydroxylation is 1. The number of hydrazine groups is 1. The largest absolute Gasteiger partial charge is 0.464 e. The fourth-order valence-electron chi connectivity index (χ4n) is 12.5. The summed E-state index contributed by atoms with van der Waals surface area (Å²) in [5, 5.41) is 6.10. The number of amides is 3. The summed E-state index contributed by atoms with van der Waals surface area (Å²) < 4.78 is 20.2. The van der Waals surface area contributed by atoms with E-state index in [0.29, 0.717) is 52.0 Å². The zero-order valence-corrected chi connectivity index (χ0v) is 43.1. The topological polar surface area (TPSA) is 151 Å². The van der Waals surface area contributed by atoms with Gasteiger partial charge in [-0.15, -0.1) is 0 Å². The number of ether oxygens (including phenoxy) is 3. The van der Waals surface area contributed by atoms with Crippen molar-refractivity contribution < 1.29 is 33.4 Å². The minimum absolute atomic E-state index is 0.106. The molecule has 5 aliphatic heterocycles. The van der Waals surface area contributed by atoms with Crippen LogP contribution < -0.4 is 10.7 Å². The third-order valence-corrected chi connectivity index (χ3v) is 16.0. The molecule has 0 radical (unpaired) electrons. The van der Waals surface area contributed by atoms with Gasteiger partial charge in [-0.05, 0) is 139 Å². The Hall–Kier alpha value is -4.83. The van der Waals surface area contributed by atoms with Crippen molar-refractivity contribution >= 4 is 40.4 Å². The van der Waals surface area contributed by atoms with Crippen molar-refractivity contribution in [2.24, 2.45) is 16.7 Å². The van der Waals surface area contributed by atoms with Crippen molar-refractivity contribution in [3.8, 4) is 11.3 Å². The number of nitrogens with one attached hydrogen (secondary N) is 2. The van der Waals surface area contributed by atoms with Crippen LogP contribution in [-0.4, -0.2) is 143 Å². The normalized spacial score (nSPS) is 26.8. The highest BCUT2D eigenvalue weighted by Crippen LogP contribution is 2.44. The summed E-state index contributed by atoms with van der Waals surface area (Å²) in [6.45, 7) is 19.9. The lowest BCUT2D eigenvalue weighted by molar-refractivity contribution is -0.155. The molecule has 15 nitrogen and oxygen atoms in total. The number of hydrogen-bond donors (Lipinski definition) is 2. The summed E-state index contributed by atoms with van der Waals surface area (Å²) in [7, 11) is 1.71. The molecule has 7 heterocycles. The molecule has 1 saturated carbocycles. The van der Waals surface area contributed by atoms with E-state index in [1.54, 1.807) is 12.1 Å². The smallest absolute Gasteiger partial charge is 0.410 e. The molecule has 2 N–H and O–H groups in total. The first kappa shape index (κ1) is 50.1. The fourth-order valence-corrected chi connectivity index (χ4v) is 12.5. The Morgan fingerprint density at radius 2 is 1.80 bits per heavy atom. The van der Waals surface area contributed by atoms with E-state index in [4.69, 9.17) is 19.2 Å². The lowest BCUT2D eigenvalue weighted by Crippen LogP contribution is -2.63. The lowest BCUT2D eigenvalue weighted by atomic mass is 9.84. The first-order valence-electron chi connectivity index (χ1n) is 26.3. The van der Waals surface area contributed by atoms with Crippen molar-refractivity contribution in [3.63, 3.8) is 0 Å². The Balaban J connectivity index is 1.04. The number of methoxy groups -OCH3 is 1. The molecule has 6 aliphatic rings. The van der Waals surface area contributed by atoms with Gasteiger partial charge in [-0.3, -0.25) is 34.2 Å². The van der Waals surface area contributed by atoms with E-state index in [2.05, 4.69) is 76.2 Å². The molecular weight excluding hydrogens is 885 g/mol. The second-order valence-electron chi connectivity index (χ2n) is 23.1. The molecule has 1 aromatic carbocycles. The number of aromatic nitrogens is 2. The number of cyclic esters (lactones) is 1. The molecule has 4 fully saturated rings. The number of esters is 1. The molecule has 6 bridgehead atoms. The Labute approximate surface area is 415 Å². The number of nitrogens with zero attached hydrogens (tertiary/aromatic N) is 6. The van der Waals surface area contributed by atoms with E-state index in [-0.39, 0.29) is 47.9 Å². The van der Waals surface area contributed by atoms with Crippen LogP contribution in [0.1, 0.15) is 129 Å². The lowest BCUT2D eigenvalue weighted by Gasteiger charge is -2.39. The quantitative estimate of drug-likeness (QED) is 0.216. The van der Waals surface area contributed by atoms with Crippen LogP contribution in [0.2, 0.25) is 0 Å². The molecule has 1 unspecified atom stereocenters. The summed E-state index contributed by atoms with van der Waals surface area (Å²) in [6, 6.07) is 8.95. The van der Waals surface area contributed by atoms with E-state index in [9.17, 15) is 9.59 Å². The zero-order valence-electron chi connectivity index (χ0n) is 43.1. The number of carbonyl (C=O) groups excluding carboxylic acids is 4. The van der Waals surface area contributed by atoms with Crippen LogP contribution in [0.3, 0.4) is 0 Å². The maximum absolute atomic E-state index is 15.1. The Kier molecular flexibility index (Phi) is 14.6. The van der Waals surface area contributed by atoms with Gasteiger partial charge in [0.25, 0.3) is 5.91 Å². The van der Waals surface area contributed by atoms with Crippen LogP contribution in [0.15, 0.2) is 42.6 Å². The van der Waals surface area contributed by atoms with Gasteiger partial charge >= 0.3 is 12.1 Å². The summed E-state index contributed by atoms with van der Waals surface area (Å²) in [4.78, 5) is 68.7. The third kappa shape index (κ3) is 10.5. The molecule has 3 amide bonds. The first-order chi connectivity index (χ1) is 33.4. The summed E-state index contributed by atoms with van der Waals surface area (Å²) >= 11 is 0. The highest BCUT2D eigenvalue weighted by Gasteiger charge is 2.50. The Morgan fingerprint density at radius 1 is 1.01 bits per heavy atom. The zero-order chi connectivity index (χ0) is 49.5. The van der Waals surface area contributed by atoms with Crippen LogP contribution in [-0.2, 0) is 41.6 Å². The average Bonchev–Trinajstić information content (AvgIpc) is 4.17. The van der Waals surface area contributed by atoms with Crippen molar-refractivity contribution in [1.29, 1.82) is 0 Å². The Bertz CT molecular complexity index is 2470. The van der Waals surface area contributed by atoms with E-state index in [1.165, 1.54) is 11.1 Å². The SMILES string of the molecule is CCn1c(-c2cccnc2[C@H](C)OC)c2c3cc(ccc31)C1=CCCN(C1)C[C@H](NC(=O)[C@H](C1CCCC1)N1CC[C@]3(CCN(C(=O)OC(C)(C)C)C3)C1)C(=O)N1CCC[C@H](N1)C(=O)OCC(C)(C)C2. The molecule has 3 aromatic rings. The molecule has 1 aliphatic carbocycles. The maximum Gasteiger partial charge on any atom is 0.410 e. The summed E-state index contributed by atoms with van der Waals surface area (Å²) in [6.07, 6.45) is 12.1. The monoisotopic (exact) mass is 963 g/mol. The predicted octanol–water partition coefficient (Wildman–Crippen LogP) is 7.52. The molecule has 3 saturated heterocycles. The fraction of sp³-hybridized carbons (Fsp3) is 0.655. The van der Waals surface area contributed by atoms with Crippen LogP contribution in [0.25, 0.3) is 27.7 Å². The van der Waals surface area contributed by atoms with Gasteiger partial charge in [0.1, 0.15) is 17.7 Å². The molecule has 6 atom stereocenters. The van der Waals surface area contributed by atoms with Crippen LogP contribution >= 0.6 is 0 Å². The van der Waals surface area contributed by atoms with E-state index in [0.717, 1.165) is 105 Å². The standard InChI is InChI=1S/C55H78N8O7/c1-9-62-45-21-20-38-29-41(45)42(48(62)40-18-12-24-56-46(40)36(2)68-8)30-54(6,7)35-69-51(66)43-19-14-26-63(58-43)50(65)44(32-59-25-13-17-39(38)31-59)57-49(64)47(37-15-10-11-16-37)60-27-22-55(33-60)23-28-61(34-55)52(67)70-53(3,4)5/h12,17-18,20-21,24,29,36-37,43-44,47,58H,9-11,13-16,19,22-23,25-28,30-35H2,1-8H3,(H,57,64)/t36-,43-,44-,47-,55-/m0/s1. The van der Waals surface area contributed by atoms with E-state index in [1.807, 2.05) is 44.9 Å². The van der Waals surface area contributed by atoms with E-state index >= 15 is 9.59 Å². The van der Waals surface area contributed by atoms with Gasteiger partial charge in [0.05, 0.1) is 30.1 Å². The second kappa shape index (κ2) is 20.4. The first-order valence-corrected chi connectivity index (χ1v) is 26.3. The van der Waals surface area contributed by atoms with Gasteiger partial charge in [0.2, 0.25) is 5.91 Å². The van der Waals surface area contributed by atoms with Crippen molar-refractivity contribution in [2.45, 2.75) is 149 Å². The van der Waals surface area contributed by atoms with Gasteiger partial charge in [-0.2, -0.15) is 0 Å². The number of benzene rings is 1. The van der Waals surface area contributed by atoms with Crippen molar-refractivity contribution in [1.82, 2.24) is 40.0 Å². The number of pyridine rings is 1. The summed E-state index contributed by atoms with van der Waals surface area (Å²) in [5.41, 5.74) is 9.74. The summed E-state index contributed by atoms with van der Waals surface area (Å²) in [5.74, 6) is -0.570. The highest BCUT2D eigenvalue weighted by molar-refractivity contribution is 5.95. The average molecular weight is 963 g/mol. The van der Waals surface area contributed by atoms with Gasteiger partial charge in [-0.25, -0.2) is 10.2 Å². The molecular formula is C55H78N8O7. The number of likely N-dealkylation sites (tertiary alicyclic amines) is 2. The highest BCUT2D eigenvalue weighted by atomic mass is 16.6. The maximum atomic E-state index is 15.1. The minimum atomic E-state index is -0.861. The van der Waals surface area contributed by atoms with Gasteiger partial charge in [0.15, 0.2) is 0 Å². The number of fused-ring (bicyclic) bond motifs is 6. The number of rotatable bonds is 8. The van der Waals surface area contributed by atoms with Gasteiger partial charge < -0.3 is 29.0 Å². The minimum Gasteiger partial charge on any atom is -0.464 e. The van der Waals surface area contributed by atoms with Crippen molar-refractivity contribution in [3.05, 3.63) is 59.4 Å². The molecule has 70 heavy (non-hydrogen) atoms. The Morgan fingerprint density at radius 3 is 2.56 bits per heavy atom. The molecule has 9 rings (SSSR count). The van der Waals surface area contributed by atoms with Crippen LogP contribution in [0.5, 0.6) is 0 Å². The van der Waals surface area contributed by atoms with Crippen molar-refractivity contribution in [2.75, 3.05) is 66.1 Å². The number of carbonyl (C=O) groups is 4. The molecule has 2 aromatic heterocycles. The second-order valence-corrected chi connectivity index (χ2v) is 23.1. The third-order valence-electron chi connectivity index (χ3n) is 16.0. The van der Waals surface area contributed by atoms with Crippen LogP contribution in [0.4, 0.5) is 4.79 Å². The molecule has 15 heteroatoms. The molecule has 380 valence electrons. The van der Waals surface area contributed by atoms with Gasteiger partial charge in [0, 0.05) is 93.0 Å². The van der Waals surface area contributed by atoms with E-state index < -0.39 is 29.1 Å². The molecule has 1 spiro atoms. The predicted molar refractivity (Wildman–Crippen MR) is 270 cm³/mol. The number of hydrogen-bond acceptors (Lipinski definition) is 11.